The van der Waals surface area contributed by atoms with Crippen LogP contribution in [-0.4, -0.2) is 26.5 Å². The number of nitrogens with one attached hydrogen (secondary N) is 2. The predicted octanol–water partition coefficient (Wildman–Crippen LogP) is 3.94. The Morgan fingerprint density at radius 1 is 1.13 bits per heavy atom. The van der Waals surface area contributed by atoms with Crippen LogP contribution in [0.3, 0.4) is 0 Å². The number of hydrogen-bond donors (Lipinski definition) is 2. The molecule has 160 valence electrons. The van der Waals surface area contributed by atoms with Crippen LogP contribution >= 0.6 is 11.6 Å². The molecule has 0 atom stereocenters. The fourth-order valence-corrected chi connectivity index (χ4v) is 4.21. The molecule has 2 heterocycles. The van der Waals surface area contributed by atoms with Crippen molar-refractivity contribution in [1.29, 1.82) is 0 Å². The zero-order valence-corrected chi connectivity index (χ0v) is 17.7. The normalized spacial score (nSPS) is 15.5. The molecule has 2 N–H and O–H groups in total. The molecule has 11 heteroatoms. The van der Waals surface area contributed by atoms with Gasteiger partial charge in [0.1, 0.15) is 27.8 Å². The molecule has 2 aromatic carbocycles. The van der Waals surface area contributed by atoms with Crippen LogP contribution in [0.2, 0.25) is 5.02 Å². The topological polar surface area (TPSA) is 102 Å². The first-order valence-corrected chi connectivity index (χ1v) is 10.8. The zero-order chi connectivity index (χ0) is 22.0. The highest BCUT2D eigenvalue weighted by Crippen LogP contribution is 2.40. The van der Waals surface area contributed by atoms with E-state index in [1.54, 1.807) is 42.6 Å². The number of fused-ring (bicyclic) bond motifs is 1. The van der Waals surface area contributed by atoms with E-state index in [-0.39, 0.29) is 39.6 Å². The minimum Gasteiger partial charge on any atom is -0.495 e. The Bertz CT molecular complexity index is 1280. The number of rotatable bonds is 5. The van der Waals surface area contributed by atoms with Crippen molar-refractivity contribution in [2.45, 2.75) is 11.4 Å². The van der Waals surface area contributed by atoms with E-state index in [4.69, 9.17) is 21.1 Å². The molecule has 0 aliphatic carbocycles. The van der Waals surface area contributed by atoms with Crippen molar-refractivity contribution in [3.63, 3.8) is 0 Å². The molecule has 0 saturated heterocycles. The molecule has 0 amide bonds. The average Bonchev–Trinajstić information content (AvgIpc) is 2.75. The maximum Gasteiger partial charge on any atom is 0.266 e. The zero-order valence-electron chi connectivity index (χ0n) is 16.1. The van der Waals surface area contributed by atoms with Crippen LogP contribution in [-0.2, 0) is 16.6 Å². The maximum atomic E-state index is 14.6. The van der Waals surface area contributed by atoms with Gasteiger partial charge in [0.25, 0.3) is 10.0 Å². The summed E-state index contributed by atoms with van der Waals surface area (Å²) < 4.78 is 53.3. The lowest BCUT2D eigenvalue weighted by Crippen LogP contribution is -2.41. The number of para-hydroxylation sites is 1. The van der Waals surface area contributed by atoms with Gasteiger partial charge in [-0.25, -0.2) is 22.5 Å². The van der Waals surface area contributed by atoms with Crippen molar-refractivity contribution in [2.24, 2.45) is 4.99 Å². The molecule has 0 unspecified atom stereocenters. The van der Waals surface area contributed by atoms with Gasteiger partial charge in [0.15, 0.2) is 11.6 Å². The lowest BCUT2D eigenvalue weighted by Gasteiger charge is -2.24. The summed E-state index contributed by atoms with van der Waals surface area (Å²) in [5.74, 6) is -0.534. The smallest absolute Gasteiger partial charge is 0.266 e. The molecule has 4 rings (SSSR count). The predicted molar refractivity (Wildman–Crippen MR) is 114 cm³/mol. The molecule has 3 aromatic rings. The second-order valence-corrected chi connectivity index (χ2v) is 8.39. The first-order valence-electron chi connectivity index (χ1n) is 8.96. The summed E-state index contributed by atoms with van der Waals surface area (Å²) >= 11 is 6.10. The molecule has 1 aliphatic rings. The highest BCUT2D eigenvalue weighted by molar-refractivity contribution is 7.90. The van der Waals surface area contributed by atoms with Crippen molar-refractivity contribution in [3.05, 3.63) is 71.3 Å². The number of ether oxygens (including phenoxy) is 2. The Labute approximate surface area is 182 Å². The van der Waals surface area contributed by atoms with Crippen molar-refractivity contribution in [3.8, 4) is 17.2 Å². The van der Waals surface area contributed by atoms with E-state index in [0.29, 0.717) is 11.4 Å². The van der Waals surface area contributed by atoms with Gasteiger partial charge in [-0.05, 0) is 36.4 Å². The second kappa shape index (κ2) is 8.40. The largest absolute Gasteiger partial charge is 0.495 e. The monoisotopic (exact) mass is 462 g/mol. The quantitative estimate of drug-likeness (QED) is 0.595. The number of hydrogen-bond acceptors (Lipinski definition) is 6. The number of benzene rings is 2. The number of aliphatic imine (C=N–C) groups is 1. The summed E-state index contributed by atoms with van der Waals surface area (Å²) in [7, 11) is -2.53. The summed E-state index contributed by atoms with van der Waals surface area (Å²) in [5, 5.41) is 3.04. The van der Waals surface area contributed by atoms with Gasteiger partial charge in [0.05, 0.1) is 18.7 Å². The molecule has 0 fully saturated rings. The van der Waals surface area contributed by atoms with Crippen LogP contribution in [0.1, 0.15) is 5.69 Å². The Morgan fingerprint density at radius 3 is 2.68 bits per heavy atom. The van der Waals surface area contributed by atoms with Crippen LogP contribution in [0.5, 0.6) is 17.2 Å². The summed E-state index contributed by atoms with van der Waals surface area (Å²) in [6.45, 7) is 0.0141. The third kappa shape index (κ3) is 4.25. The molecule has 1 aliphatic heterocycles. The molecule has 0 saturated carbocycles. The number of halogens is 2. The molecule has 1 aromatic heterocycles. The van der Waals surface area contributed by atoms with Gasteiger partial charge in [-0.15, -0.1) is 0 Å². The molecule has 8 nitrogen and oxygen atoms in total. The first-order chi connectivity index (χ1) is 14.9. The number of methoxy groups -OCH3 is 1. The van der Waals surface area contributed by atoms with Crippen LogP contribution in [0.4, 0.5) is 10.1 Å². The Morgan fingerprint density at radius 2 is 1.90 bits per heavy atom. The van der Waals surface area contributed by atoms with Crippen LogP contribution in [0.15, 0.2) is 64.6 Å². The fourth-order valence-electron chi connectivity index (χ4n) is 2.90. The third-order valence-corrected chi connectivity index (χ3v) is 6.03. The molecular weight excluding hydrogens is 447 g/mol. The Hall–Kier alpha value is -3.37. The summed E-state index contributed by atoms with van der Waals surface area (Å²) in [5.41, 5.74) is 0.404. The van der Waals surface area contributed by atoms with Gasteiger partial charge in [0, 0.05) is 6.20 Å². The van der Waals surface area contributed by atoms with Crippen molar-refractivity contribution in [1.82, 2.24) is 9.71 Å². The number of guanidine groups is 1. The van der Waals surface area contributed by atoms with E-state index in [9.17, 15) is 12.8 Å². The van der Waals surface area contributed by atoms with Crippen LogP contribution in [0.25, 0.3) is 0 Å². The van der Waals surface area contributed by atoms with Crippen LogP contribution in [0, 0.1) is 5.82 Å². The van der Waals surface area contributed by atoms with Gasteiger partial charge in [-0.3, -0.25) is 4.98 Å². The second-order valence-electron chi connectivity index (χ2n) is 6.33. The molecule has 0 bridgehead atoms. The lowest BCUT2D eigenvalue weighted by atomic mass is 10.2. The van der Waals surface area contributed by atoms with Crippen molar-refractivity contribution in [2.75, 3.05) is 12.4 Å². The molecular formula is C20H16ClFN4O4S. The van der Waals surface area contributed by atoms with Gasteiger partial charge in [0.2, 0.25) is 5.96 Å². The minimum atomic E-state index is -4.03. The third-order valence-electron chi connectivity index (χ3n) is 4.34. The van der Waals surface area contributed by atoms with E-state index in [0.717, 1.165) is 12.1 Å². The van der Waals surface area contributed by atoms with E-state index >= 15 is 0 Å². The van der Waals surface area contributed by atoms with Crippen LogP contribution < -0.4 is 19.5 Å². The lowest BCUT2D eigenvalue weighted by molar-refractivity contribution is 0.407. The highest BCUT2D eigenvalue weighted by Gasteiger charge is 2.31. The van der Waals surface area contributed by atoms with E-state index < -0.39 is 15.8 Å². The molecule has 31 heavy (non-hydrogen) atoms. The Kier molecular flexibility index (Phi) is 5.66. The number of aromatic nitrogens is 1. The fraction of sp³-hybridized carbons (Fsp3) is 0.100. The van der Waals surface area contributed by atoms with E-state index in [2.05, 4.69) is 20.0 Å². The number of pyridine rings is 1. The number of nitrogens with zero attached hydrogens (tertiary/aromatic N) is 2. The van der Waals surface area contributed by atoms with Gasteiger partial charge < -0.3 is 14.8 Å². The summed E-state index contributed by atoms with van der Waals surface area (Å²) in [6, 6.07) is 12.0. The van der Waals surface area contributed by atoms with Crippen molar-refractivity contribution < 1.29 is 22.3 Å². The summed E-state index contributed by atoms with van der Waals surface area (Å²) in [4.78, 5) is 8.21. The van der Waals surface area contributed by atoms with Gasteiger partial charge in [-0.1, -0.05) is 23.7 Å². The standard InChI is InChI=1S/C20H16ClFN4O4S/c1-29-16-7-4-10-23-14(16)11-24-20-25-18-17(31(27,28)26-20)9-8-13(22)19(18)30-15-6-3-2-5-12(15)21/h2-10H,11H2,1H3,(H2,24,25,26). The van der Waals surface area contributed by atoms with Crippen molar-refractivity contribution >= 4 is 33.3 Å². The van der Waals surface area contributed by atoms with E-state index in [1.807, 2.05) is 0 Å². The minimum absolute atomic E-state index is 0.0141. The average molecular weight is 463 g/mol. The highest BCUT2D eigenvalue weighted by atomic mass is 35.5. The SMILES string of the molecule is COc1cccnc1CN=C1Nc2c(ccc(F)c2Oc2ccccc2Cl)S(=O)(=O)N1. The molecule has 0 spiro atoms. The first kappa shape index (κ1) is 20.9. The van der Waals surface area contributed by atoms with E-state index in [1.165, 1.54) is 7.11 Å². The van der Waals surface area contributed by atoms with Gasteiger partial charge >= 0.3 is 0 Å². The Balaban J connectivity index is 1.73. The van der Waals surface area contributed by atoms with Gasteiger partial charge in [-0.2, -0.15) is 0 Å². The maximum absolute atomic E-state index is 14.6. The number of anilines is 1. The summed E-state index contributed by atoms with van der Waals surface area (Å²) in [6.07, 6.45) is 1.57. The molecule has 0 radical (unpaired) electrons. The number of sulfonamides is 1.